The highest BCUT2D eigenvalue weighted by Gasteiger charge is 2.09. The molecule has 0 amide bonds. The SMILES string of the molecule is CC(Nc1nc(Cl)ccc1N)c1cccc(Cl)c1. The Bertz CT molecular complexity index is 558. The largest absolute Gasteiger partial charge is 0.396 e. The van der Waals surface area contributed by atoms with Crippen LogP contribution in [0.2, 0.25) is 10.2 Å². The second-order valence-corrected chi connectivity index (χ2v) is 4.82. The minimum absolute atomic E-state index is 0.0389. The van der Waals surface area contributed by atoms with Gasteiger partial charge in [-0.15, -0.1) is 0 Å². The van der Waals surface area contributed by atoms with Gasteiger partial charge in [0.05, 0.1) is 11.7 Å². The maximum Gasteiger partial charge on any atom is 0.151 e. The number of halogens is 2. The summed E-state index contributed by atoms with van der Waals surface area (Å²) in [5, 5.41) is 4.32. The summed E-state index contributed by atoms with van der Waals surface area (Å²) >= 11 is 11.8. The highest BCUT2D eigenvalue weighted by molar-refractivity contribution is 6.30. The number of hydrogen-bond acceptors (Lipinski definition) is 3. The summed E-state index contributed by atoms with van der Waals surface area (Å²) in [5.74, 6) is 0.579. The fourth-order valence-electron chi connectivity index (χ4n) is 1.63. The van der Waals surface area contributed by atoms with Crippen LogP contribution >= 0.6 is 23.2 Å². The van der Waals surface area contributed by atoms with Crippen LogP contribution in [-0.4, -0.2) is 4.98 Å². The second-order valence-electron chi connectivity index (χ2n) is 3.99. The highest BCUT2D eigenvalue weighted by Crippen LogP contribution is 2.25. The Labute approximate surface area is 116 Å². The van der Waals surface area contributed by atoms with Crippen LogP contribution in [0.15, 0.2) is 36.4 Å². The van der Waals surface area contributed by atoms with Gasteiger partial charge in [-0.25, -0.2) is 4.98 Å². The summed E-state index contributed by atoms with van der Waals surface area (Å²) in [5.41, 5.74) is 7.46. The van der Waals surface area contributed by atoms with E-state index in [-0.39, 0.29) is 6.04 Å². The number of nitrogen functional groups attached to an aromatic ring is 1. The van der Waals surface area contributed by atoms with Crippen LogP contribution in [0.5, 0.6) is 0 Å². The molecule has 1 unspecified atom stereocenters. The van der Waals surface area contributed by atoms with E-state index >= 15 is 0 Å². The van der Waals surface area contributed by atoms with Crippen molar-refractivity contribution in [3.05, 3.63) is 52.1 Å². The molecule has 0 saturated carbocycles. The molecular formula is C13H13Cl2N3. The molecule has 0 bridgehead atoms. The lowest BCUT2D eigenvalue weighted by Crippen LogP contribution is -2.09. The molecule has 0 aliphatic carbocycles. The van der Waals surface area contributed by atoms with Crippen molar-refractivity contribution in [2.75, 3.05) is 11.1 Å². The van der Waals surface area contributed by atoms with Gasteiger partial charge in [-0.3, -0.25) is 0 Å². The average molecular weight is 282 g/mol. The first-order valence-corrected chi connectivity index (χ1v) is 6.26. The van der Waals surface area contributed by atoms with E-state index in [1.165, 1.54) is 0 Å². The van der Waals surface area contributed by atoms with Gasteiger partial charge < -0.3 is 11.1 Å². The van der Waals surface area contributed by atoms with Crippen molar-refractivity contribution in [1.82, 2.24) is 4.98 Å². The summed E-state index contributed by atoms with van der Waals surface area (Å²) in [6.45, 7) is 2.01. The van der Waals surface area contributed by atoms with Gasteiger partial charge in [0.25, 0.3) is 0 Å². The molecule has 1 atom stereocenters. The van der Waals surface area contributed by atoms with Crippen molar-refractivity contribution in [2.24, 2.45) is 0 Å². The molecule has 0 radical (unpaired) electrons. The van der Waals surface area contributed by atoms with Crippen molar-refractivity contribution in [1.29, 1.82) is 0 Å². The van der Waals surface area contributed by atoms with Crippen LogP contribution in [0.3, 0.4) is 0 Å². The molecule has 0 fully saturated rings. The molecule has 1 heterocycles. The normalized spacial score (nSPS) is 12.2. The number of nitrogens with one attached hydrogen (secondary N) is 1. The van der Waals surface area contributed by atoms with E-state index < -0.39 is 0 Å². The fourth-order valence-corrected chi connectivity index (χ4v) is 1.97. The van der Waals surface area contributed by atoms with Crippen molar-refractivity contribution in [2.45, 2.75) is 13.0 Å². The van der Waals surface area contributed by atoms with Crippen molar-refractivity contribution >= 4 is 34.7 Å². The third-order valence-electron chi connectivity index (χ3n) is 2.59. The number of rotatable bonds is 3. The van der Waals surface area contributed by atoms with E-state index in [9.17, 15) is 0 Å². The predicted molar refractivity (Wildman–Crippen MR) is 77.1 cm³/mol. The molecule has 18 heavy (non-hydrogen) atoms. The molecule has 3 N–H and O–H groups in total. The third-order valence-corrected chi connectivity index (χ3v) is 3.04. The number of aromatic nitrogens is 1. The van der Waals surface area contributed by atoms with Crippen molar-refractivity contribution in [3.8, 4) is 0 Å². The van der Waals surface area contributed by atoms with Gasteiger partial charge in [0.1, 0.15) is 5.15 Å². The van der Waals surface area contributed by atoms with Crippen LogP contribution in [-0.2, 0) is 0 Å². The van der Waals surface area contributed by atoms with Crippen molar-refractivity contribution < 1.29 is 0 Å². The number of benzene rings is 1. The van der Waals surface area contributed by atoms with Crippen LogP contribution < -0.4 is 11.1 Å². The fraction of sp³-hybridized carbons (Fsp3) is 0.154. The van der Waals surface area contributed by atoms with Crippen LogP contribution in [0.1, 0.15) is 18.5 Å². The Hall–Kier alpha value is -1.45. The lowest BCUT2D eigenvalue weighted by molar-refractivity contribution is 0.876. The second kappa shape index (κ2) is 5.46. The zero-order valence-corrected chi connectivity index (χ0v) is 11.3. The first-order valence-electron chi connectivity index (χ1n) is 5.50. The molecule has 1 aromatic carbocycles. The number of nitrogens with zero attached hydrogens (tertiary/aromatic N) is 1. The van der Waals surface area contributed by atoms with Gasteiger partial charge in [0.2, 0.25) is 0 Å². The molecule has 3 nitrogen and oxygen atoms in total. The maximum absolute atomic E-state index is 5.96. The number of hydrogen-bond donors (Lipinski definition) is 2. The summed E-state index contributed by atoms with van der Waals surface area (Å²) in [4.78, 5) is 4.16. The van der Waals surface area contributed by atoms with Gasteiger partial charge in [0.15, 0.2) is 5.82 Å². The maximum atomic E-state index is 5.96. The summed E-state index contributed by atoms with van der Waals surface area (Å²) in [6.07, 6.45) is 0. The zero-order valence-electron chi connectivity index (χ0n) is 9.82. The number of nitrogens with two attached hydrogens (primary N) is 1. The monoisotopic (exact) mass is 281 g/mol. The Morgan fingerprint density at radius 3 is 2.72 bits per heavy atom. The van der Waals surface area contributed by atoms with Crippen LogP contribution in [0.25, 0.3) is 0 Å². The topological polar surface area (TPSA) is 50.9 Å². The van der Waals surface area contributed by atoms with Crippen molar-refractivity contribution in [3.63, 3.8) is 0 Å². The summed E-state index contributed by atoms with van der Waals surface area (Å²) in [7, 11) is 0. The Kier molecular flexibility index (Phi) is 3.94. The lowest BCUT2D eigenvalue weighted by atomic mass is 10.1. The summed E-state index contributed by atoms with van der Waals surface area (Å²) < 4.78 is 0. The lowest BCUT2D eigenvalue weighted by Gasteiger charge is -2.16. The quantitative estimate of drug-likeness (QED) is 0.832. The Morgan fingerprint density at radius 1 is 1.22 bits per heavy atom. The molecule has 0 aliphatic rings. The number of pyridine rings is 1. The van der Waals surface area contributed by atoms with Gasteiger partial charge in [0, 0.05) is 5.02 Å². The van der Waals surface area contributed by atoms with E-state index in [1.807, 2.05) is 31.2 Å². The van der Waals surface area contributed by atoms with Gasteiger partial charge in [-0.2, -0.15) is 0 Å². The Balaban J connectivity index is 2.21. The smallest absolute Gasteiger partial charge is 0.151 e. The van der Waals surface area contributed by atoms with E-state index in [2.05, 4.69) is 10.3 Å². The van der Waals surface area contributed by atoms with E-state index in [1.54, 1.807) is 12.1 Å². The molecule has 94 valence electrons. The van der Waals surface area contributed by atoms with E-state index in [4.69, 9.17) is 28.9 Å². The minimum atomic E-state index is 0.0389. The van der Waals surface area contributed by atoms with Crippen LogP contribution in [0.4, 0.5) is 11.5 Å². The van der Waals surface area contributed by atoms with E-state index in [0.29, 0.717) is 21.7 Å². The molecule has 0 saturated heterocycles. The molecule has 5 heteroatoms. The van der Waals surface area contributed by atoms with Gasteiger partial charge in [-0.05, 0) is 36.8 Å². The average Bonchev–Trinajstić information content (AvgIpc) is 2.34. The minimum Gasteiger partial charge on any atom is -0.396 e. The molecular weight excluding hydrogens is 269 g/mol. The highest BCUT2D eigenvalue weighted by atomic mass is 35.5. The molecule has 2 rings (SSSR count). The zero-order chi connectivity index (χ0) is 13.1. The Morgan fingerprint density at radius 2 is 2.00 bits per heavy atom. The third kappa shape index (κ3) is 3.06. The number of anilines is 2. The standard InChI is InChI=1S/C13H13Cl2N3/c1-8(9-3-2-4-10(14)7-9)17-13-11(16)5-6-12(15)18-13/h2-8H,16H2,1H3,(H,17,18). The first-order chi connectivity index (χ1) is 8.56. The molecule has 1 aromatic heterocycles. The molecule has 0 aliphatic heterocycles. The first kappa shape index (κ1) is 13.0. The van der Waals surface area contributed by atoms with Gasteiger partial charge >= 0.3 is 0 Å². The summed E-state index contributed by atoms with van der Waals surface area (Å²) in [6, 6.07) is 11.1. The van der Waals surface area contributed by atoms with E-state index in [0.717, 1.165) is 5.56 Å². The molecule has 2 aromatic rings. The van der Waals surface area contributed by atoms with Gasteiger partial charge in [-0.1, -0.05) is 35.3 Å². The molecule has 0 spiro atoms. The van der Waals surface area contributed by atoms with Crippen LogP contribution in [0, 0.1) is 0 Å². The predicted octanol–water partition coefficient (Wildman–Crippen LogP) is 4.14.